The summed E-state index contributed by atoms with van der Waals surface area (Å²) in [6, 6.07) is 17.8. The lowest BCUT2D eigenvalue weighted by Crippen LogP contribution is -2.23. The molecular weight excluding hydrogens is 352 g/mol. The van der Waals surface area contributed by atoms with E-state index in [4.69, 9.17) is 4.74 Å². The SMILES string of the molecule is O=c1c(CC2CCOCC2)c(-c2ccccc2)[nH]n1-c1nc2ccccc2[nH]1. The maximum atomic E-state index is 13.4. The van der Waals surface area contributed by atoms with E-state index in [1.165, 1.54) is 4.68 Å². The molecule has 1 aliphatic rings. The van der Waals surface area contributed by atoms with Crippen LogP contribution >= 0.6 is 0 Å². The van der Waals surface area contributed by atoms with Crippen LogP contribution in [0.2, 0.25) is 0 Å². The lowest BCUT2D eigenvalue weighted by Gasteiger charge is -2.21. The van der Waals surface area contributed by atoms with E-state index in [9.17, 15) is 4.79 Å². The Morgan fingerprint density at radius 2 is 1.79 bits per heavy atom. The molecule has 0 aliphatic carbocycles. The Kier molecular flexibility index (Phi) is 4.33. The lowest BCUT2D eigenvalue weighted by atomic mass is 9.91. The van der Waals surface area contributed by atoms with Crippen LogP contribution < -0.4 is 5.56 Å². The fourth-order valence-electron chi connectivity index (χ4n) is 3.94. The van der Waals surface area contributed by atoms with E-state index in [2.05, 4.69) is 15.1 Å². The first-order valence-corrected chi connectivity index (χ1v) is 9.72. The van der Waals surface area contributed by atoms with Crippen molar-refractivity contribution in [2.75, 3.05) is 13.2 Å². The van der Waals surface area contributed by atoms with Crippen LogP contribution in [-0.4, -0.2) is 33.0 Å². The molecule has 0 saturated carbocycles. The molecule has 5 rings (SSSR count). The first-order valence-electron chi connectivity index (χ1n) is 9.72. The molecule has 0 amide bonds. The van der Waals surface area contributed by atoms with E-state index in [1.54, 1.807) is 0 Å². The number of rotatable bonds is 4. The molecule has 2 N–H and O–H groups in total. The van der Waals surface area contributed by atoms with Gasteiger partial charge in [0.2, 0.25) is 5.95 Å². The van der Waals surface area contributed by atoms with Gasteiger partial charge in [-0.2, -0.15) is 4.68 Å². The van der Waals surface area contributed by atoms with Crippen molar-refractivity contribution in [2.45, 2.75) is 19.3 Å². The van der Waals surface area contributed by atoms with Crippen molar-refractivity contribution >= 4 is 11.0 Å². The zero-order valence-electron chi connectivity index (χ0n) is 15.5. The average molecular weight is 374 g/mol. The Labute approximate surface area is 162 Å². The molecule has 0 radical (unpaired) electrons. The molecule has 2 aromatic heterocycles. The zero-order valence-corrected chi connectivity index (χ0v) is 15.5. The largest absolute Gasteiger partial charge is 0.381 e. The summed E-state index contributed by atoms with van der Waals surface area (Å²) < 4.78 is 7.02. The average Bonchev–Trinajstić information content (AvgIpc) is 3.31. The third kappa shape index (κ3) is 3.05. The standard InChI is InChI=1S/C22H22N4O2/c27-21-17(14-15-10-12-28-13-11-15)20(16-6-2-1-3-7-16)25-26(21)22-23-18-8-4-5-9-19(18)24-22/h1-9,15,25H,10-14H2,(H,23,24). The van der Waals surface area contributed by atoms with Crippen LogP contribution in [0.3, 0.4) is 0 Å². The molecular formula is C22H22N4O2. The smallest absolute Gasteiger partial charge is 0.277 e. The number of benzene rings is 2. The molecule has 0 unspecified atom stereocenters. The van der Waals surface area contributed by atoms with Crippen molar-refractivity contribution in [3.63, 3.8) is 0 Å². The Morgan fingerprint density at radius 1 is 1.04 bits per heavy atom. The summed E-state index contributed by atoms with van der Waals surface area (Å²) in [5.74, 6) is 0.977. The minimum atomic E-state index is -0.0376. The molecule has 4 aromatic rings. The molecule has 3 heterocycles. The number of nitrogens with zero attached hydrogens (tertiary/aromatic N) is 2. The number of aromatic amines is 2. The summed E-state index contributed by atoms with van der Waals surface area (Å²) in [6.45, 7) is 1.54. The summed E-state index contributed by atoms with van der Waals surface area (Å²) in [4.78, 5) is 21.2. The number of aromatic nitrogens is 4. The number of imidazole rings is 1. The molecule has 6 heteroatoms. The first kappa shape index (κ1) is 17.0. The predicted molar refractivity (Wildman–Crippen MR) is 109 cm³/mol. The van der Waals surface area contributed by atoms with Crippen molar-refractivity contribution in [1.82, 2.24) is 19.7 Å². The van der Waals surface area contributed by atoms with Gasteiger partial charge >= 0.3 is 0 Å². The Bertz CT molecular complexity index is 1120. The van der Waals surface area contributed by atoms with Gasteiger partial charge in [0.15, 0.2) is 0 Å². The van der Waals surface area contributed by atoms with Crippen LogP contribution in [-0.2, 0) is 11.2 Å². The van der Waals surface area contributed by atoms with Gasteiger partial charge in [-0.1, -0.05) is 42.5 Å². The minimum absolute atomic E-state index is 0.0376. The maximum Gasteiger partial charge on any atom is 0.277 e. The number of para-hydroxylation sites is 2. The number of hydrogen-bond donors (Lipinski definition) is 2. The summed E-state index contributed by atoms with van der Waals surface area (Å²) in [6.07, 6.45) is 2.73. The van der Waals surface area contributed by atoms with E-state index in [0.29, 0.717) is 11.9 Å². The van der Waals surface area contributed by atoms with E-state index in [0.717, 1.165) is 60.3 Å². The molecule has 142 valence electrons. The second kappa shape index (κ2) is 7.13. The van der Waals surface area contributed by atoms with Crippen molar-refractivity contribution in [2.24, 2.45) is 5.92 Å². The van der Waals surface area contributed by atoms with Gasteiger partial charge in [0.1, 0.15) is 0 Å². The quantitative estimate of drug-likeness (QED) is 0.572. The molecule has 0 atom stereocenters. The summed E-state index contributed by atoms with van der Waals surface area (Å²) in [5.41, 5.74) is 4.41. The molecule has 1 fully saturated rings. The van der Waals surface area contributed by atoms with Gasteiger partial charge in [0.25, 0.3) is 5.56 Å². The van der Waals surface area contributed by atoms with Crippen LogP contribution in [0.1, 0.15) is 18.4 Å². The topological polar surface area (TPSA) is 75.7 Å². The highest BCUT2D eigenvalue weighted by molar-refractivity contribution is 5.76. The van der Waals surface area contributed by atoms with Crippen LogP contribution in [0.5, 0.6) is 0 Å². The normalized spacial score (nSPS) is 15.3. The number of ether oxygens (including phenoxy) is 1. The molecule has 28 heavy (non-hydrogen) atoms. The van der Waals surface area contributed by atoms with Gasteiger partial charge in [-0.3, -0.25) is 9.89 Å². The predicted octanol–water partition coefficient (Wildman–Crippen LogP) is 3.68. The van der Waals surface area contributed by atoms with E-state index in [1.807, 2.05) is 54.6 Å². The van der Waals surface area contributed by atoms with Gasteiger partial charge in [-0.15, -0.1) is 0 Å². The Hall–Kier alpha value is -3.12. The van der Waals surface area contributed by atoms with Crippen molar-refractivity contribution in [3.8, 4) is 17.2 Å². The fraction of sp³-hybridized carbons (Fsp3) is 0.273. The zero-order chi connectivity index (χ0) is 18.9. The molecule has 0 bridgehead atoms. The third-order valence-electron chi connectivity index (χ3n) is 5.47. The molecule has 1 saturated heterocycles. The second-order valence-corrected chi connectivity index (χ2v) is 7.31. The van der Waals surface area contributed by atoms with Crippen molar-refractivity contribution in [1.29, 1.82) is 0 Å². The van der Waals surface area contributed by atoms with Crippen LogP contribution in [0.4, 0.5) is 0 Å². The van der Waals surface area contributed by atoms with Gasteiger partial charge in [-0.25, -0.2) is 4.98 Å². The molecule has 1 aliphatic heterocycles. The highest BCUT2D eigenvalue weighted by Crippen LogP contribution is 2.26. The monoisotopic (exact) mass is 374 g/mol. The second-order valence-electron chi connectivity index (χ2n) is 7.31. The third-order valence-corrected chi connectivity index (χ3v) is 5.47. The Morgan fingerprint density at radius 3 is 2.57 bits per heavy atom. The van der Waals surface area contributed by atoms with E-state index in [-0.39, 0.29) is 5.56 Å². The number of H-pyrrole nitrogens is 2. The van der Waals surface area contributed by atoms with Crippen molar-refractivity contribution in [3.05, 3.63) is 70.5 Å². The van der Waals surface area contributed by atoms with Crippen LogP contribution in [0.15, 0.2) is 59.4 Å². The number of fused-ring (bicyclic) bond motifs is 1. The molecule has 2 aromatic carbocycles. The highest BCUT2D eigenvalue weighted by Gasteiger charge is 2.23. The first-order chi connectivity index (χ1) is 13.8. The van der Waals surface area contributed by atoms with E-state index >= 15 is 0 Å². The Balaban J connectivity index is 1.62. The number of hydrogen-bond acceptors (Lipinski definition) is 3. The van der Waals surface area contributed by atoms with Gasteiger partial charge in [0, 0.05) is 18.8 Å². The summed E-state index contributed by atoms with van der Waals surface area (Å²) >= 11 is 0. The highest BCUT2D eigenvalue weighted by atomic mass is 16.5. The van der Waals surface area contributed by atoms with Crippen LogP contribution in [0.25, 0.3) is 28.2 Å². The molecule has 0 spiro atoms. The fourth-order valence-corrected chi connectivity index (χ4v) is 3.94. The van der Waals surface area contributed by atoms with Gasteiger partial charge < -0.3 is 9.72 Å². The van der Waals surface area contributed by atoms with Gasteiger partial charge in [0.05, 0.1) is 16.7 Å². The van der Waals surface area contributed by atoms with E-state index < -0.39 is 0 Å². The number of nitrogens with one attached hydrogen (secondary N) is 2. The molecule has 6 nitrogen and oxygen atoms in total. The van der Waals surface area contributed by atoms with Crippen LogP contribution in [0, 0.1) is 5.92 Å². The maximum absolute atomic E-state index is 13.4. The van der Waals surface area contributed by atoms with Crippen molar-refractivity contribution < 1.29 is 4.74 Å². The summed E-state index contributed by atoms with van der Waals surface area (Å²) in [5, 5.41) is 3.31. The summed E-state index contributed by atoms with van der Waals surface area (Å²) in [7, 11) is 0. The minimum Gasteiger partial charge on any atom is -0.381 e. The lowest BCUT2D eigenvalue weighted by molar-refractivity contribution is 0.0665. The van der Waals surface area contributed by atoms with Gasteiger partial charge in [-0.05, 0) is 42.9 Å².